The van der Waals surface area contributed by atoms with Crippen LogP contribution in [0.3, 0.4) is 0 Å². The summed E-state index contributed by atoms with van der Waals surface area (Å²) < 4.78 is 2.26. The van der Waals surface area contributed by atoms with E-state index in [-0.39, 0.29) is 6.04 Å². The zero-order chi connectivity index (χ0) is 14.0. The van der Waals surface area contributed by atoms with Crippen LogP contribution >= 0.6 is 50.1 Å². The molecule has 19 heavy (non-hydrogen) atoms. The molecule has 0 aliphatic carbocycles. The van der Waals surface area contributed by atoms with Crippen LogP contribution in [0.4, 0.5) is 5.69 Å². The van der Waals surface area contributed by atoms with Gasteiger partial charge in [0.15, 0.2) is 0 Å². The van der Waals surface area contributed by atoms with Crippen LogP contribution in [0, 0.1) is 10.5 Å². The summed E-state index contributed by atoms with van der Waals surface area (Å²) in [7, 11) is 0. The molecule has 2 rings (SSSR count). The molecule has 0 spiro atoms. The number of rotatable bonds is 3. The molecule has 0 amide bonds. The second kappa shape index (κ2) is 6.46. The lowest BCUT2D eigenvalue weighted by molar-refractivity contribution is 0.884. The van der Waals surface area contributed by atoms with Crippen LogP contribution < -0.4 is 5.32 Å². The summed E-state index contributed by atoms with van der Waals surface area (Å²) in [4.78, 5) is 0. The molecule has 1 atom stereocenters. The van der Waals surface area contributed by atoms with Gasteiger partial charge in [-0.3, -0.25) is 0 Å². The Morgan fingerprint density at radius 2 is 1.95 bits per heavy atom. The van der Waals surface area contributed by atoms with Crippen molar-refractivity contribution in [2.24, 2.45) is 0 Å². The fraction of sp³-hybridized carbons (Fsp3) is 0.200. The van der Waals surface area contributed by atoms with Gasteiger partial charge in [-0.15, -0.1) is 0 Å². The van der Waals surface area contributed by atoms with Crippen LogP contribution in [0.1, 0.15) is 24.1 Å². The molecule has 0 fully saturated rings. The average molecular weight is 451 g/mol. The van der Waals surface area contributed by atoms with Crippen molar-refractivity contribution in [3.8, 4) is 0 Å². The van der Waals surface area contributed by atoms with Gasteiger partial charge in [-0.05, 0) is 71.8 Å². The first-order valence-corrected chi connectivity index (χ1v) is 8.20. The molecule has 0 saturated carbocycles. The third kappa shape index (κ3) is 3.86. The molecule has 1 unspecified atom stereocenters. The molecule has 2 aromatic rings. The van der Waals surface area contributed by atoms with Crippen molar-refractivity contribution in [2.45, 2.75) is 19.9 Å². The molecule has 0 radical (unpaired) electrons. The van der Waals surface area contributed by atoms with Gasteiger partial charge in [0, 0.05) is 24.8 Å². The third-order valence-corrected chi connectivity index (χ3v) is 4.97. The van der Waals surface area contributed by atoms with Gasteiger partial charge in [0.2, 0.25) is 0 Å². The summed E-state index contributed by atoms with van der Waals surface area (Å²) in [5, 5.41) is 4.26. The standard InChI is InChI=1S/C15H14BrClIN/c1-9-3-5-12(8-15(9)18)19-10(2)13-6-4-11(16)7-14(13)17/h3-8,10,19H,1-2H3. The normalized spacial score (nSPS) is 12.3. The first-order valence-electron chi connectivity index (χ1n) is 5.95. The Labute approximate surface area is 141 Å². The van der Waals surface area contributed by atoms with Gasteiger partial charge in [-0.25, -0.2) is 0 Å². The molecule has 0 aliphatic heterocycles. The van der Waals surface area contributed by atoms with E-state index in [1.54, 1.807) is 0 Å². The monoisotopic (exact) mass is 449 g/mol. The smallest absolute Gasteiger partial charge is 0.0500 e. The fourth-order valence-electron chi connectivity index (χ4n) is 1.86. The Balaban J connectivity index is 2.20. The largest absolute Gasteiger partial charge is 0.378 e. The molecule has 0 aliphatic rings. The Bertz CT molecular complexity index is 601. The SMILES string of the molecule is Cc1ccc(NC(C)c2ccc(Br)cc2Cl)cc1I. The van der Waals surface area contributed by atoms with Gasteiger partial charge in [-0.1, -0.05) is 39.7 Å². The van der Waals surface area contributed by atoms with E-state index >= 15 is 0 Å². The Morgan fingerprint density at radius 1 is 1.21 bits per heavy atom. The highest BCUT2D eigenvalue weighted by atomic mass is 127. The van der Waals surface area contributed by atoms with Crippen molar-refractivity contribution in [3.05, 3.63) is 60.6 Å². The highest BCUT2D eigenvalue weighted by Gasteiger charge is 2.10. The van der Waals surface area contributed by atoms with Crippen molar-refractivity contribution in [3.63, 3.8) is 0 Å². The number of anilines is 1. The van der Waals surface area contributed by atoms with E-state index in [2.05, 4.69) is 75.9 Å². The number of benzene rings is 2. The minimum absolute atomic E-state index is 0.166. The lowest BCUT2D eigenvalue weighted by atomic mass is 10.1. The lowest BCUT2D eigenvalue weighted by Gasteiger charge is -2.18. The molecule has 0 heterocycles. The summed E-state index contributed by atoms with van der Waals surface area (Å²) in [6.07, 6.45) is 0. The quantitative estimate of drug-likeness (QED) is 0.550. The van der Waals surface area contributed by atoms with Crippen molar-refractivity contribution in [2.75, 3.05) is 5.32 Å². The van der Waals surface area contributed by atoms with Crippen molar-refractivity contribution in [1.82, 2.24) is 0 Å². The van der Waals surface area contributed by atoms with Gasteiger partial charge in [0.25, 0.3) is 0 Å². The summed E-state index contributed by atoms with van der Waals surface area (Å²) >= 11 is 12.0. The highest BCUT2D eigenvalue weighted by Crippen LogP contribution is 2.29. The summed E-state index contributed by atoms with van der Waals surface area (Å²) in [5.74, 6) is 0. The molecular weight excluding hydrogens is 436 g/mol. The van der Waals surface area contributed by atoms with Gasteiger partial charge in [0.05, 0.1) is 0 Å². The van der Waals surface area contributed by atoms with E-state index in [4.69, 9.17) is 11.6 Å². The van der Waals surface area contributed by atoms with Crippen LogP contribution in [0.25, 0.3) is 0 Å². The molecule has 0 aromatic heterocycles. The van der Waals surface area contributed by atoms with Crippen LogP contribution in [0.5, 0.6) is 0 Å². The number of hydrogen-bond donors (Lipinski definition) is 1. The zero-order valence-corrected chi connectivity index (χ0v) is 15.2. The molecular formula is C15H14BrClIN. The minimum atomic E-state index is 0.166. The number of halogens is 3. The third-order valence-electron chi connectivity index (χ3n) is 2.98. The van der Waals surface area contributed by atoms with Gasteiger partial charge in [0.1, 0.15) is 0 Å². The first-order chi connectivity index (χ1) is 8.97. The Hall–Kier alpha value is -0.260. The predicted octanol–water partition coefficient (Wildman–Crippen LogP) is 6.19. The highest BCUT2D eigenvalue weighted by molar-refractivity contribution is 14.1. The van der Waals surface area contributed by atoms with Crippen LogP contribution in [0.15, 0.2) is 40.9 Å². The van der Waals surface area contributed by atoms with E-state index in [1.165, 1.54) is 9.13 Å². The summed E-state index contributed by atoms with van der Waals surface area (Å²) in [6, 6.07) is 12.5. The van der Waals surface area contributed by atoms with Crippen LogP contribution in [-0.4, -0.2) is 0 Å². The average Bonchev–Trinajstić information content (AvgIpc) is 2.33. The molecule has 0 bridgehead atoms. The van der Waals surface area contributed by atoms with E-state index in [0.29, 0.717) is 0 Å². The number of hydrogen-bond acceptors (Lipinski definition) is 1. The van der Waals surface area contributed by atoms with Gasteiger partial charge in [-0.2, -0.15) is 0 Å². The van der Waals surface area contributed by atoms with Gasteiger partial charge >= 0.3 is 0 Å². The zero-order valence-electron chi connectivity index (χ0n) is 10.7. The van der Waals surface area contributed by atoms with Crippen molar-refractivity contribution in [1.29, 1.82) is 0 Å². The second-order valence-corrected chi connectivity index (χ2v) is 6.98. The topological polar surface area (TPSA) is 12.0 Å². The predicted molar refractivity (Wildman–Crippen MR) is 95.1 cm³/mol. The van der Waals surface area contributed by atoms with Crippen LogP contribution in [-0.2, 0) is 0 Å². The van der Waals surface area contributed by atoms with E-state index in [0.717, 1.165) is 20.7 Å². The van der Waals surface area contributed by atoms with E-state index in [9.17, 15) is 0 Å². The number of aryl methyl sites for hydroxylation is 1. The van der Waals surface area contributed by atoms with Crippen molar-refractivity contribution < 1.29 is 0 Å². The molecule has 1 nitrogen and oxygen atoms in total. The lowest BCUT2D eigenvalue weighted by Crippen LogP contribution is -2.07. The van der Waals surface area contributed by atoms with Crippen molar-refractivity contribution >= 4 is 55.8 Å². The molecule has 4 heteroatoms. The molecule has 2 aromatic carbocycles. The Kier molecular flexibility index (Phi) is 5.15. The minimum Gasteiger partial charge on any atom is -0.378 e. The summed E-state index contributed by atoms with van der Waals surface area (Å²) in [5.41, 5.74) is 3.50. The molecule has 1 N–H and O–H groups in total. The van der Waals surface area contributed by atoms with Gasteiger partial charge < -0.3 is 5.32 Å². The maximum absolute atomic E-state index is 6.28. The maximum atomic E-state index is 6.28. The second-order valence-electron chi connectivity index (χ2n) is 4.50. The maximum Gasteiger partial charge on any atom is 0.0500 e. The fourth-order valence-corrected chi connectivity index (χ4v) is 3.22. The van der Waals surface area contributed by atoms with Crippen LogP contribution in [0.2, 0.25) is 5.02 Å². The van der Waals surface area contributed by atoms with E-state index in [1.807, 2.05) is 18.2 Å². The number of nitrogens with one attached hydrogen (secondary N) is 1. The Morgan fingerprint density at radius 3 is 2.58 bits per heavy atom. The molecule has 0 saturated heterocycles. The molecule has 100 valence electrons. The first kappa shape index (κ1) is 15.1. The van der Waals surface area contributed by atoms with E-state index < -0.39 is 0 Å². The summed E-state index contributed by atoms with van der Waals surface area (Å²) in [6.45, 7) is 4.22.